The molecule has 0 atom stereocenters. The van der Waals surface area contributed by atoms with Crippen molar-refractivity contribution in [2.45, 2.75) is 32.1 Å². The molecule has 35 heavy (non-hydrogen) atoms. The molecule has 0 bridgehead atoms. The second kappa shape index (κ2) is 10.7. The van der Waals surface area contributed by atoms with Crippen LogP contribution in [0.2, 0.25) is 0 Å². The van der Waals surface area contributed by atoms with Crippen molar-refractivity contribution in [1.29, 1.82) is 0 Å². The van der Waals surface area contributed by atoms with Gasteiger partial charge in [0.2, 0.25) is 11.8 Å². The van der Waals surface area contributed by atoms with E-state index in [0.717, 1.165) is 61.3 Å². The fourth-order valence-corrected chi connectivity index (χ4v) is 4.94. The van der Waals surface area contributed by atoms with Gasteiger partial charge < -0.3 is 9.80 Å². The Bertz CT molecular complexity index is 1170. The van der Waals surface area contributed by atoms with Gasteiger partial charge >= 0.3 is 0 Å². The van der Waals surface area contributed by atoms with Crippen molar-refractivity contribution in [3.05, 3.63) is 72.7 Å². The summed E-state index contributed by atoms with van der Waals surface area (Å²) >= 11 is 0. The van der Waals surface area contributed by atoms with E-state index in [0.29, 0.717) is 13.1 Å². The summed E-state index contributed by atoms with van der Waals surface area (Å²) in [6.07, 6.45) is 13.8. The zero-order valence-electron chi connectivity index (χ0n) is 19.9. The number of para-hydroxylation sites is 1. The minimum Gasteiger partial charge on any atom is -0.342 e. The fourth-order valence-electron chi connectivity index (χ4n) is 4.94. The molecule has 2 aromatic heterocycles. The Labute approximate surface area is 206 Å². The number of benzene rings is 1. The average Bonchev–Trinajstić information content (AvgIpc) is 3.37. The third kappa shape index (κ3) is 5.34. The molecule has 4 heterocycles. The van der Waals surface area contributed by atoms with Crippen LogP contribution < -0.4 is 0 Å². The highest BCUT2D eigenvalue weighted by molar-refractivity contribution is 5.93. The molecule has 2 aliphatic heterocycles. The van der Waals surface area contributed by atoms with Gasteiger partial charge in [-0.3, -0.25) is 14.6 Å². The molecule has 7 heteroatoms. The van der Waals surface area contributed by atoms with Crippen LogP contribution in [0.3, 0.4) is 0 Å². The molecule has 3 aromatic rings. The van der Waals surface area contributed by atoms with Crippen LogP contribution in [0.25, 0.3) is 23.0 Å². The molecule has 2 amide bonds. The first-order valence-corrected chi connectivity index (χ1v) is 12.5. The van der Waals surface area contributed by atoms with Crippen LogP contribution in [-0.2, 0) is 9.59 Å². The van der Waals surface area contributed by atoms with Crippen LogP contribution in [0.5, 0.6) is 0 Å². The lowest BCUT2D eigenvalue weighted by Gasteiger charge is -2.35. The highest BCUT2D eigenvalue weighted by Gasteiger charge is 2.30. The Kier molecular flexibility index (Phi) is 7.02. The van der Waals surface area contributed by atoms with E-state index in [2.05, 4.69) is 4.98 Å². The predicted octanol–water partition coefficient (Wildman–Crippen LogP) is 4.20. The average molecular weight is 470 g/mol. The van der Waals surface area contributed by atoms with Gasteiger partial charge in [0, 0.05) is 67.9 Å². The van der Waals surface area contributed by atoms with Gasteiger partial charge in [-0.1, -0.05) is 18.2 Å². The molecular weight excluding hydrogens is 438 g/mol. The molecule has 0 unspecified atom stereocenters. The van der Waals surface area contributed by atoms with E-state index in [1.807, 2.05) is 69.2 Å². The molecular formula is C28H31N5O2. The van der Waals surface area contributed by atoms with Gasteiger partial charge in [-0.2, -0.15) is 5.10 Å². The van der Waals surface area contributed by atoms with Crippen LogP contribution in [0.1, 0.15) is 37.7 Å². The molecule has 0 N–H and O–H groups in total. The molecule has 5 rings (SSSR count). The fraction of sp³-hybridized carbons (Fsp3) is 0.357. The highest BCUT2D eigenvalue weighted by Crippen LogP contribution is 2.25. The Morgan fingerprint density at radius 2 is 1.66 bits per heavy atom. The molecule has 180 valence electrons. The number of carbonyl (C=O) groups is 2. The van der Waals surface area contributed by atoms with Gasteiger partial charge in [0.15, 0.2) is 0 Å². The zero-order chi connectivity index (χ0) is 24.0. The number of hydrogen-bond acceptors (Lipinski definition) is 4. The lowest BCUT2D eigenvalue weighted by Crippen LogP contribution is -2.45. The third-order valence-corrected chi connectivity index (χ3v) is 6.93. The summed E-state index contributed by atoms with van der Waals surface area (Å²) in [4.78, 5) is 33.9. The largest absolute Gasteiger partial charge is 0.342 e. The van der Waals surface area contributed by atoms with Crippen LogP contribution in [0.15, 0.2) is 67.1 Å². The predicted molar refractivity (Wildman–Crippen MR) is 136 cm³/mol. The molecule has 7 nitrogen and oxygen atoms in total. The number of hydrogen-bond donors (Lipinski definition) is 0. The number of carbonyl (C=O) groups excluding carboxylic acids is 2. The maximum Gasteiger partial charge on any atom is 0.246 e. The summed E-state index contributed by atoms with van der Waals surface area (Å²) in [5, 5.41) is 4.77. The van der Waals surface area contributed by atoms with E-state index in [4.69, 9.17) is 5.10 Å². The van der Waals surface area contributed by atoms with E-state index in [1.165, 1.54) is 6.42 Å². The van der Waals surface area contributed by atoms with Gasteiger partial charge in [-0.05, 0) is 62.4 Å². The lowest BCUT2D eigenvalue weighted by atomic mass is 9.94. The smallest absolute Gasteiger partial charge is 0.246 e. The van der Waals surface area contributed by atoms with Crippen LogP contribution >= 0.6 is 0 Å². The number of nitrogens with zero attached hydrogens (tertiary/aromatic N) is 5. The van der Waals surface area contributed by atoms with Crippen molar-refractivity contribution in [2.24, 2.45) is 5.92 Å². The third-order valence-electron chi connectivity index (χ3n) is 6.93. The molecule has 0 aliphatic carbocycles. The summed E-state index contributed by atoms with van der Waals surface area (Å²) < 4.78 is 1.82. The second-order valence-corrected chi connectivity index (χ2v) is 9.27. The number of aromatic nitrogens is 3. The number of amides is 2. The maximum absolute atomic E-state index is 13.0. The number of pyridine rings is 1. The normalized spacial score (nSPS) is 17.1. The first-order valence-electron chi connectivity index (χ1n) is 12.5. The van der Waals surface area contributed by atoms with E-state index in [-0.39, 0.29) is 17.7 Å². The summed E-state index contributed by atoms with van der Waals surface area (Å²) in [7, 11) is 0. The molecule has 0 spiro atoms. The first-order chi connectivity index (χ1) is 17.2. The Morgan fingerprint density at radius 3 is 2.37 bits per heavy atom. The minimum absolute atomic E-state index is 0.0292. The van der Waals surface area contributed by atoms with Crippen molar-refractivity contribution >= 4 is 17.9 Å². The summed E-state index contributed by atoms with van der Waals surface area (Å²) in [5.74, 6) is 0.294. The monoisotopic (exact) mass is 469 g/mol. The molecule has 0 radical (unpaired) electrons. The highest BCUT2D eigenvalue weighted by atomic mass is 16.2. The SMILES string of the molecule is O=C(/C=C/c1cn(-c2ccccc2)nc1-c1cccnc1)N1CCC(C(=O)N2CCCCC2)CC1. The summed E-state index contributed by atoms with van der Waals surface area (Å²) in [5.41, 5.74) is 3.47. The van der Waals surface area contributed by atoms with Gasteiger partial charge in [0.1, 0.15) is 5.69 Å². The van der Waals surface area contributed by atoms with E-state index >= 15 is 0 Å². The second-order valence-electron chi connectivity index (χ2n) is 9.27. The van der Waals surface area contributed by atoms with Gasteiger partial charge in [0.05, 0.1) is 5.69 Å². The number of likely N-dealkylation sites (tertiary alicyclic amines) is 2. The standard InChI is InChI=1S/C28H31N5O2/c34-26(31-18-13-22(14-19-31)28(35)32-16-5-2-6-17-32)12-11-24-21-33(25-9-3-1-4-10-25)30-27(24)23-8-7-15-29-20-23/h1,3-4,7-12,15,20-22H,2,5-6,13-14,16-19H2/b12-11+. The van der Waals surface area contributed by atoms with Gasteiger partial charge in [-0.15, -0.1) is 0 Å². The van der Waals surface area contributed by atoms with Gasteiger partial charge in [0.25, 0.3) is 0 Å². The molecule has 2 saturated heterocycles. The van der Waals surface area contributed by atoms with Crippen LogP contribution in [0, 0.1) is 5.92 Å². The van der Waals surface area contributed by atoms with E-state index in [1.54, 1.807) is 18.5 Å². The number of rotatable bonds is 5. The molecule has 2 aliphatic rings. The van der Waals surface area contributed by atoms with Crippen molar-refractivity contribution in [3.8, 4) is 16.9 Å². The molecule has 1 aromatic carbocycles. The van der Waals surface area contributed by atoms with Crippen molar-refractivity contribution in [1.82, 2.24) is 24.6 Å². The minimum atomic E-state index is -0.0292. The van der Waals surface area contributed by atoms with Crippen molar-refractivity contribution in [2.75, 3.05) is 26.2 Å². The van der Waals surface area contributed by atoms with Crippen LogP contribution in [-0.4, -0.2) is 62.6 Å². The maximum atomic E-state index is 13.0. The Morgan fingerprint density at radius 1 is 0.886 bits per heavy atom. The van der Waals surface area contributed by atoms with Crippen LogP contribution in [0.4, 0.5) is 0 Å². The lowest BCUT2D eigenvalue weighted by molar-refractivity contribution is -0.140. The summed E-state index contributed by atoms with van der Waals surface area (Å²) in [6, 6.07) is 13.7. The first kappa shape index (κ1) is 23.0. The van der Waals surface area contributed by atoms with Gasteiger partial charge in [-0.25, -0.2) is 4.68 Å². The van der Waals surface area contributed by atoms with Crippen molar-refractivity contribution in [3.63, 3.8) is 0 Å². The number of piperidine rings is 2. The molecule has 2 fully saturated rings. The quantitative estimate of drug-likeness (QED) is 0.525. The Balaban J connectivity index is 1.27. The zero-order valence-corrected chi connectivity index (χ0v) is 19.9. The van der Waals surface area contributed by atoms with E-state index in [9.17, 15) is 9.59 Å². The summed E-state index contributed by atoms with van der Waals surface area (Å²) in [6.45, 7) is 3.01. The molecule has 0 saturated carbocycles. The van der Waals surface area contributed by atoms with Crippen molar-refractivity contribution < 1.29 is 9.59 Å². The Hall–Kier alpha value is -3.74. The topological polar surface area (TPSA) is 71.3 Å². The van der Waals surface area contributed by atoms with E-state index < -0.39 is 0 Å².